The maximum atomic E-state index is 9.83. The summed E-state index contributed by atoms with van der Waals surface area (Å²) in [4.78, 5) is 11.2. The first kappa shape index (κ1) is 11.7. The molecule has 2 atom stereocenters. The molecule has 3 N–H and O–H groups in total. The molecule has 0 aliphatic carbocycles. The Morgan fingerprint density at radius 2 is 2.00 bits per heavy atom. The Bertz CT molecular complexity index is 437. The van der Waals surface area contributed by atoms with Crippen LogP contribution in [0, 0.1) is 0 Å². The predicted molar refractivity (Wildman–Crippen MR) is 70.4 cm³/mol. The Morgan fingerprint density at radius 1 is 1.33 bits per heavy atom. The van der Waals surface area contributed by atoms with Crippen molar-refractivity contribution in [2.24, 2.45) is 0 Å². The van der Waals surface area contributed by atoms with Gasteiger partial charge in [-0.3, -0.25) is 0 Å². The highest BCUT2D eigenvalue weighted by atomic mass is 16.3. The Balaban J connectivity index is 1.93. The minimum Gasteiger partial charge on any atom is -0.393 e. The van der Waals surface area contributed by atoms with E-state index in [-0.39, 0.29) is 6.10 Å². The van der Waals surface area contributed by atoms with Gasteiger partial charge in [0, 0.05) is 24.6 Å². The van der Waals surface area contributed by atoms with E-state index in [4.69, 9.17) is 5.73 Å². The summed E-state index contributed by atoms with van der Waals surface area (Å²) in [6, 6.07) is 2.69. The van der Waals surface area contributed by atoms with Crippen LogP contribution in [-0.2, 0) is 6.42 Å². The number of nitrogen functional groups attached to an aromatic ring is 1. The molecule has 0 radical (unpaired) electrons. The van der Waals surface area contributed by atoms with Gasteiger partial charge in [0.25, 0.3) is 0 Å². The van der Waals surface area contributed by atoms with Gasteiger partial charge in [-0.15, -0.1) is 0 Å². The van der Waals surface area contributed by atoms with Gasteiger partial charge in [-0.05, 0) is 25.7 Å². The third-order valence-corrected chi connectivity index (χ3v) is 4.07. The zero-order chi connectivity index (χ0) is 12.7. The fourth-order valence-corrected chi connectivity index (χ4v) is 3.32. The molecule has 3 rings (SSSR count). The van der Waals surface area contributed by atoms with E-state index in [1.54, 1.807) is 0 Å². The SMILES string of the molecule is CCc1nc(N)cc(N2C3CCC2CC(O)C3)n1. The molecular formula is C13H20N4O. The second-order valence-electron chi connectivity index (χ2n) is 5.34. The molecule has 5 heteroatoms. The number of aliphatic hydroxyl groups excluding tert-OH is 1. The van der Waals surface area contributed by atoms with Crippen molar-refractivity contribution in [2.45, 2.75) is 57.2 Å². The van der Waals surface area contributed by atoms with Gasteiger partial charge in [-0.1, -0.05) is 6.92 Å². The van der Waals surface area contributed by atoms with Crippen molar-refractivity contribution in [2.75, 3.05) is 10.6 Å². The van der Waals surface area contributed by atoms with Gasteiger partial charge in [0.2, 0.25) is 0 Å². The number of hydrogen-bond acceptors (Lipinski definition) is 5. The fourth-order valence-electron chi connectivity index (χ4n) is 3.32. The van der Waals surface area contributed by atoms with Crippen LogP contribution in [0.1, 0.15) is 38.4 Å². The number of rotatable bonds is 2. The average molecular weight is 248 g/mol. The Kier molecular flexibility index (Phi) is 2.86. The zero-order valence-electron chi connectivity index (χ0n) is 10.7. The standard InChI is InChI=1S/C13H20N4O/c1-2-12-15-11(14)7-13(16-12)17-8-3-4-9(17)6-10(18)5-8/h7-10,18H,2-6H2,1H3,(H2,14,15,16). The van der Waals surface area contributed by atoms with Crippen LogP contribution in [0.25, 0.3) is 0 Å². The average Bonchev–Trinajstić information content (AvgIpc) is 2.61. The maximum Gasteiger partial charge on any atom is 0.134 e. The number of aromatic nitrogens is 2. The van der Waals surface area contributed by atoms with E-state index in [1.165, 1.54) is 0 Å². The van der Waals surface area contributed by atoms with Gasteiger partial charge in [0.05, 0.1) is 6.10 Å². The van der Waals surface area contributed by atoms with E-state index in [0.717, 1.165) is 43.7 Å². The number of anilines is 2. The first-order valence-electron chi connectivity index (χ1n) is 6.77. The third-order valence-electron chi connectivity index (χ3n) is 4.07. The number of aliphatic hydroxyl groups is 1. The molecule has 0 aromatic carbocycles. The zero-order valence-corrected chi connectivity index (χ0v) is 10.7. The van der Waals surface area contributed by atoms with Crippen LogP contribution in [0.2, 0.25) is 0 Å². The van der Waals surface area contributed by atoms with Crippen LogP contribution in [0.15, 0.2) is 6.07 Å². The third kappa shape index (κ3) is 1.92. The molecule has 18 heavy (non-hydrogen) atoms. The summed E-state index contributed by atoms with van der Waals surface area (Å²) < 4.78 is 0. The molecule has 0 saturated carbocycles. The second kappa shape index (κ2) is 4.39. The molecule has 1 aromatic rings. The summed E-state index contributed by atoms with van der Waals surface area (Å²) in [5.41, 5.74) is 5.85. The van der Waals surface area contributed by atoms with Gasteiger partial charge in [0.15, 0.2) is 0 Å². The van der Waals surface area contributed by atoms with Crippen molar-refractivity contribution in [3.8, 4) is 0 Å². The van der Waals surface area contributed by atoms with Crippen LogP contribution in [0.5, 0.6) is 0 Å². The van der Waals surface area contributed by atoms with Crippen molar-refractivity contribution in [3.05, 3.63) is 11.9 Å². The number of fused-ring (bicyclic) bond motifs is 2. The molecule has 2 aliphatic rings. The topological polar surface area (TPSA) is 75.3 Å². The number of nitrogens with two attached hydrogens (primary N) is 1. The predicted octanol–water partition coefficient (Wildman–Crippen LogP) is 1.11. The lowest BCUT2D eigenvalue weighted by atomic mass is 10.00. The van der Waals surface area contributed by atoms with E-state index in [1.807, 2.05) is 13.0 Å². The first-order chi connectivity index (χ1) is 8.67. The van der Waals surface area contributed by atoms with Crippen molar-refractivity contribution in [1.82, 2.24) is 9.97 Å². The van der Waals surface area contributed by atoms with E-state index >= 15 is 0 Å². The van der Waals surface area contributed by atoms with Gasteiger partial charge in [-0.25, -0.2) is 9.97 Å². The van der Waals surface area contributed by atoms with Crippen LogP contribution >= 0.6 is 0 Å². The molecule has 2 aliphatic heterocycles. The Labute approximate surface area is 107 Å². The minimum absolute atomic E-state index is 0.149. The molecule has 5 nitrogen and oxygen atoms in total. The lowest BCUT2D eigenvalue weighted by Gasteiger charge is -2.38. The number of nitrogens with zero attached hydrogens (tertiary/aromatic N) is 3. The summed E-state index contributed by atoms with van der Waals surface area (Å²) in [6.45, 7) is 2.03. The largest absolute Gasteiger partial charge is 0.393 e. The van der Waals surface area contributed by atoms with Gasteiger partial charge >= 0.3 is 0 Å². The van der Waals surface area contributed by atoms with E-state index in [9.17, 15) is 5.11 Å². The monoisotopic (exact) mass is 248 g/mol. The summed E-state index contributed by atoms with van der Waals surface area (Å²) in [5.74, 6) is 2.29. The van der Waals surface area contributed by atoms with Crippen molar-refractivity contribution in [1.29, 1.82) is 0 Å². The molecule has 0 amide bonds. The highest BCUT2D eigenvalue weighted by molar-refractivity contribution is 5.50. The lowest BCUT2D eigenvalue weighted by Crippen LogP contribution is -2.45. The van der Waals surface area contributed by atoms with E-state index in [0.29, 0.717) is 17.9 Å². The molecule has 2 unspecified atom stereocenters. The number of piperidine rings is 1. The smallest absolute Gasteiger partial charge is 0.134 e. The van der Waals surface area contributed by atoms with Crippen molar-refractivity contribution < 1.29 is 5.11 Å². The summed E-state index contributed by atoms with van der Waals surface area (Å²) >= 11 is 0. The Hall–Kier alpha value is -1.36. The minimum atomic E-state index is -0.149. The van der Waals surface area contributed by atoms with Crippen LogP contribution in [0.4, 0.5) is 11.6 Å². The molecule has 98 valence electrons. The van der Waals surface area contributed by atoms with Crippen molar-refractivity contribution in [3.63, 3.8) is 0 Å². The second-order valence-corrected chi connectivity index (χ2v) is 5.34. The number of hydrogen-bond donors (Lipinski definition) is 2. The summed E-state index contributed by atoms with van der Waals surface area (Å²) in [5, 5.41) is 9.83. The van der Waals surface area contributed by atoms with Gasteiger partial charge in [-0.2, -0.15) is 0 Å². The highest BCUT2D eigenvalue weighted by Crippen LogP contribution is 2.38. The molecule has 2 saturated heterocycles. The molecule has 2 bridgehead atoms. The summed E-state index contributed by atoms with van der Waals surface area (Å²) in [7, 11) is 0. The lowest BCUT2D eigenvalue weighted by molar-refractivity contribution is 0.126. The normalized spacial score (nSPS) is 30.8. The molecule has 1 aromatic heterocycles. The van der Waals surface area contributed by atoms with Gasteiger partial charge in [0.1, 0.15) is 17.5 Å². The fraction of sp³-hybridized carbons (Fsp3) is 0.692. The number of aryl methyl sites for hydroxylation is 1. The first-order valence-corrected chi connectivity index (χ1v) is 6.77. The van der Waals surface area contributed by atoms with Crippen LogP contribution < -0.4 is 10.6 Å². The summed E-state index contributed by atoms with van der Waals surface area (Å²) in [6.07, 6.45) is 4.64. The van der Waals surface area contributed by atoms with Crippen LogP contribution in [0.3, 0.4) is 0 Å². The highest BCUT2D eigenvalue weighted by Gasteiger charge is 2.40. The quantitative estimate of drug-likeness (QED) is 0.820. The van der Waals surface area contributed by atoms with Crippen LogP contribution in [-0.4, -0.2) is 33.3 Å². The van der Waals surface area contributed by atoms with E-state index < -0.39 is 0 Å². The molecule has 0 spiro atoms. The Morgan fingerprint density at radius 3 is 2.61 bits per heavy atom. The molecule has 2 fully saturated rings. The van der Waals surface area contributed by atoms with E-state index in [2.05, 4.69) is 14.9 Å². The van der Waals surface area contributed by atoms with Crippen molar-refractivity contribution >= 4 is 11.6 Å². The maximum absolute atomic E-state index is 9.83. The molecule has 3 heterocycles. The van der Waals surface area contributed by atoms with Gasteiger partial charge < -0.3 is 15.7 Å². The molecular weight excluding hydrogens is 228 g/mol.